The quantitative estimate of drug-likeness (QED) is 0.552. The lowest BCUT2D eigenvalue weighted by atomic mass is 10.1. The Morgan fingerprint density at radius 2 is 1.78 bits per heavy atom. The molecule has 170 valence electrons. The van der Waals surface area contributed by atoms with Crippen LogP contribution in [0.15, 0.2) is 47.5 Å². The molecular formula is C25H32N4O3. The smallest absolute Gasteiger partial charge is 0.241 e. The lowest BCUT2D eigenvalue weighted by Gasteiger charge is -2.27. The summed E-state index contributed by atoms with van der Waals surface area (Å²) in [7, 11) is 0. The van der Waals surface area contributed by atoms with Gasteiger partial charge in [-0.3, -0.25) is 4.79 Å². The van der Waals surface area contributed by atoms with Gasteiger partial charge in [0.05, 0.1) is 26.3 Å². The summed E-state index contributed by atoms with van der Waals surface area (Å²) in [5.41, 5.74) is 3.17. The van der Waals surface area contributed by atoms with Crippen molar-refractivity contribution in [3.63, 3.8) is 0 Å². The van der Waals surface area contributed by atoms with E-state index in [-0.39, 0.29) is 12.5 Å². The van der Waals surface area contributed by atoms with Crippen molar-refractivity contribution in [2.75, 3.05) is 38.2 Å². The van der Waals surface area contributed by atoms with Gasteiger partial charge in [0.1, 0.15) is 0 Å². The molecule has 0 aromatic heterocycles. The number of fused-ring (bicyclic) bond motifs is 1. The van der Waals surface area contributed by atoms with Crippen LogP contribution in [0.5, 0.6) is 11.5 Å². The van der Waals surface area contributed by atoms with Crippen molar-refractivity contribution in [2.45, 2.75) is 39.2 Å². The minimum Gasteiger partial charge on any atom is -0.490 e. The summed E-state index contributed by atoms with van der Waals surface area (Å²) in [5, 5.41) is 6.55. The third kappa shape index (κ3) is 5.93. The number of rotatable bonds is 5. The molecule has 32 heavy (non-hydrogen) atoms. The maximum Gasteiger partial charge on any atom is 0.241 e. The van der Waals surface area contributed by atoms with Gasteiger partial charge in [0.15, 0.2) is 17.5 Å². The number of anilines is 1. The number of ether oxygens (including phenoxy) is 2. The van der Waals surface area contributed by atoms with Crippen LogP contribution in [0.25, 0.3) is 0 Å². The molecule has 2 N–H and O–H groups in total. The second-order valence-electron chi connectivity index (χ2n) is 8.22. The van der Waals surface area contributed by atoms with Crippen molar-refractivity contribution in [3.05, 3.63) is 53.6 Å². The van der Waals surface area contributed by atoms with Crippen LogP contribution in [-0.2, 0) is 11.3 Å². The zero-order valence-corrected chi connectivity index (χ0v) is 18.7. The van der Waals surface area contributed by atoms with Gasteiger partial charge in [0.2, 0.25) is 5.91 Å². The van der Waals surface area contributed by atoms with Gasteiger partial charge in [-0.1, -0.05) is 24.3 Å². The minimum atomic E-state index is 0.105. The molecule has 2 aromatic rings. The maximum absolute atomic E-state index is 12.7. The first kappa shape index (κ1) is 22.0. The minimum absolute atomic E-state index is 0.105. The summed E-state index contributed by atoms with van der Waals surface area (Å²) >= 11 is 0. The zero-order chi connectivity index (χ0) is 22.2. The second-order valence-corrected chi connectivity index (χ2v) is 8.22. The van der Waals surface area contributed by atoms with Crippen LogP contribution in [0.2, 0.25) is 0 Å². The molecule has 2 heterocycles. The van der Waals surface area contributed by atoms with Gasteiger partial charge >= 0.3 is 0 Å². The summed E-state index contributed by atoms with van der Waals surface area (Å²) in [6, 6.07) is 13.9. The molecule has 0 aliphatic carbocycles. The molecular weight excluding hydrogens is 404 g/mol. The molecule has 1 saturated heterocycles. The number of nitrogens with one attached hydrogen (secondary N) is 2. The van der Waals surface area contributed by atoms with Crippen LogP contribution >= 0.6 is 0 Å². The number of likely N-dealkylation sites (tertiary alicyclic amines) is 1. The highest BCUT2D eigenvalue weighted by Crippen LogP contribution is 2.32. The summed E-state index contributed by atoms with van der Waals surface area (Å²) in [4.78, 5) is 19.3. The van der Waals surface area contributed by atoms with Crippen molar-refractivity contribution in [2.24, 2.45) is 4.99 Å². The van der Waals surface area contributed by atoms with Crippen LogP contribution < -0.4 is 20.1 Å². The molecule has 2 aliphatic rings. The van der Waals surface area contributed by atoms with E-state index in [4.69, 9.17) is 14.5 Å². The molecule has 0 atom stereocenters. The van der Waals surface area contributed by atoms with Gasteiger partial charge in [-0.15, -0.1) is 0 Å². The van der Waals surface area contributed by atoms with Crippen molar-refractivity contribution >= 4 is 17.6 Å². The number of benzene rings is 2. The van der Waals surface area contributed by atoms with Crippen molar-refractivity contribution < 1.29 is 14.3 Å². The molecule has 0 unspecified atom stereocenters. The second kappa shape index (κ2) is 10.9. The first-order valence-corrected chi connectivity index (χ1v) is 11.5. The standard InChI is InChI=1S/C25H32N4O3/c1-19-8-3-4-9-20(19)17-26-25(27-18-24(30)29-12-5-2-6-13-29)28-21-10-11-22-23(16-21)32-15-7-14-31-22/h3-4,8-11,16H,2,5-7,12-15,17-18H2,1H3,(H2,26,27,28). The van der Waals surface area contributed by atoms with Crippen LogP contribution in [0.1, 0.15) is 36.8 Å². The number of aliphatic imine (C=N–C) groups is 1. The predicted molar refractivity (Wildman–Crippen MR) is 126 cm³/mol. The first-order chi connectivity index (χ1) is 15.7. The normalized spacial score (nSPS) is 16.3. The Morgan fingerprint density at radius 3 is 2.59 bits per heavy atom. The molecule has 7 heteroatoms. The Morgan fingerprint density at radius 1 is 1.00 bits per heavy atom. The molecule has 1 fully saturated rings. The predicted octanol–water partition coefficient (Wildman–Crippen LogP) is 3.73. The lowest BCUT2D eigenvalue weighted by Crippen LogP contribution is -2.44. The van der Waals surface area contributed by atoms with E-state index < -0.39 is 0 Å². The Balaban J connectivity index is 1.47. The van der Waals surface area contributed by atoms with E-state index in [2.05, 4.69) is 29.7 Å². The van der Waals surface area contributed by atoms with Gasteiger partial charge in [0, 0.05) is 31.3 Å². The number of piperidine rings is 1. The molecule has 0 radical (unpaired) electrons. The lowest BCUT2D eigenvalue weighted by molar-refractivity contribution is -0.130. The zero-order valence-electron chi connectivity index (χ0n) is 18.7. The maximum atomic E-state index is 12.7. The van der Waals surface area contributed by atoms with Crippen molar-refractivity contribution in [1.29, 1.82) is 0 Å². The van der Waals surface area contributed by atoms with Gasteiger partial charge in [0.25, 0.3) is 0 Å². The summed E-state index contributed by atoms with van der Waals surface area (Å²) in [6.45, 7) is 5.78. The van der Waals surface area contributed by atoms with Crippen molar-refractivity contribution in [1.82, 2.24) is 10.2 Å². The topological polar surface area (TPSA) is 75.2 Å². The van der Waals surface area contributed by atoms with Crippen molar-refractivity contribution in [3.8, 4) is 11.5 Å². The molecule has 4 rings (SSSR count). The van der Waals surface area contributed by atoms with Crippen LogP contribution in [-0.4, -0.2) is 49.6 Å². The van der Waals surface area contributed by atoms with Gasteiger partial charge in [-0.2, -0.15) is 0 Å². The van der Waals surface area contributed by atoms with Crippen LogP contribution in [0, 0.1) is 6.92 Å². The Labute approximate surface area is 189 Å². The fourth-order valence-corrected chi connectivity index (χ4v) is 3.88. The molecule has 2 aliphatic heterocycles. The third-order valence-corrected chi connectivity index (χ3v) is 5.79. The van der Waals surface area contributed by atoms with E-state index in [1.54, 1.807) is 0 Å². The third-order valence-electron chi connectivity index (χ3n) is 5.79. The highest BCUT2D eigenvalue weighted by Gasteiger charge is 2.17. The SMILES string of the molecule is Cc1ccccc1CN=C(NCC(=O)N1CCCCC1)Nc1ccc2c(c1)OCCCO2. The number of hydrogen-bond donors (Lipinski definition) is 2. The number of guanidine groups is 1. The van der Waals surface area contributed by atoms with E-state index in [9.17, 15) is 4.79 Å². The Hall–Kier alpha value is -3.22. The summed E-state index contributed by atoms with van der Waals surface area (Å²) in [6.07, 6.45) is 4.22. The number of hydrogen-bond acceptors (Lipinski definition) is 4. The molecule has 0 bridgehead atoms. The van der Waals surface area contributed by atoms with Gasteiger partial charge in [-0.05, 0) is 49.4 Å². The molecule has 0 saturated carbocycles. The molecule has 1 amide bonds. The number of carbonyl (C=O) groups excluding carboxylic acids is 1. The summed E-state index contributed by atoms with van der Waals surface area (Å²) < 4.78 is 11.5. The number of aryl methyl sites for hydroxylation is 1. The van der Waals surface area contributed by atoms with E-state index in [1.165, 1.54) is 12.0 Å². The summed E-state index contributed by atoms with van der Waals surface area (Å²) in [5.74, 6) is 2.14. The van der Waals surface area contributed by atoms with Gasteiger partial charge < -0.3 is 25.0 Å². The average molecular weight is 437 g/mol. The van der Waals surface area contributed by atoms with E-state index in [0.29, 0.717) is 25.7 Å². The highest BCUT2D eigenvalue weighted by atomic mass is 16.5. The number of carbonyl (C=O) groups is 1. The van der Waals surface area contributed by atoms with Gasteiger partial charge in [-0.25, -0.2) is 4.99 Å². The Kier molecular flexibility index (Phi) is 7.48. The number of nitrogens with zero attached hydrogens (tertiary/aromatic N) is 2. The fraction of sp³-hybridized carbons (Fsp3) is 0.440. The molecule has 0 spiro atoms. The van der Waals surface area contributed by atoms with E-state index >= 15 is 0 Å². The molecule has 7 nitrogen and oxygen atoms in total. The van der Waals surface area contributed by atoms with E-state index in [0.717, 1.165) is 55.1 Å². The Bertz CT molecular complexity index is 954. The van der Waals surface area contributed by atoms with Crippen LogP contribution in [0.3, 0.4) is 0 Å². The fourth-order valence-electron chi connectivity index (χ4n) is 3.88. The monoisotopic (exact) mass is 436 g/mol. The number of amides is 1. The highest BCUT2D eigenvalue weighted by molar-refractivity contribution is 5.96. The van der Waals surface area contributed by atoms with Crippen LogP contribution in [0.4, 0.5) is 5.69 Å². The molecule has 2 aromatic carbocycles. The largest absolute Gasteiger partial charge is 0.490 e. The first-order valence-electron chi connectivity index (χ1n) is 11.5. The average Bonchev–Trinajstić information content (AvgIpc) is 3.07. The van der Waals surface area contributed by atoms with E-state index in [1.807, 2.05) is 35.2 Å².